The Kier molecular flexibility index (Phi) is 4.22. The van der Waals surface area contributed by atoms with Crippen molar-refractivity contribution in [3.63, 3.8) is 0 Å². The summed E-state index contributed by atoms with van der Waals surface area (Å²) in [5.74, 6) is -1.49. The lowest BCUT2D eigenvalue weighted by molar-refractivity contribution is -0.305. The lowest BCUT2D eigenvalue weighted by Gasteiger charge is -2.20. The molecule has 0 radical (unpaired) electrons. The van der Waals surface area contributed by atoms with Gasteiger partial charge in [-0.05, 0) is 30.2 Å². The minimum atomic E-state index is -1.15. The lowest BCUT2D eigenvalue weighted by Crippen LogP contribution is -2.25. The second-order valence-corrected chi connectivity index (χ2v) is 5.16. The first-order valence-electron chi connectivity index (χ1n) is 5.81. The van der Waals surface area contributed by atoms with Crippen molar-refractivity contribution < 1.29 is 15.0 Å². The van der Waals surface area contributed by atoms with E-state index in [1.54, 1.807) is 18.2 Å². The van der Waals surface area contributed by atoms with Gasteiger partial charge in [-0.25, -0.2) is 0 Å². The van der Waals surface area contributed by atoms with E-state index in [-0.39, 0.29) is 12.2 Å². The third-order valence-electron chi connectivity index (χ3n) is 2.94. The molecule has 0 saturated heterocycles. The van der Waals surface area contributed by atoms with Crippen molar-refractivity contribution in [2.45, 2.75) is 12.3 Å². The molecule has 0 aliphatic carbocycles. The molecular formula is C15H12BrO3-. The zero-order chi connectivity index (χ0) is 13.8. The number of carboxylic acid groups (broad SMARTS) is 1. The number of aliphatic carboxylic acids is 1. The van der Waals surface area contributed by atoms with Crippen LogP contribution in [0.2, 0.25) is 0 Å². The number of halogens is 1. The predicted molar refractivity (Wildman–Crippen MR) is 73.7 cm³/mol. The molecule has 0 heterocycles. The summed E-state index contributed by atoms with van der Waals surface area (Å²) in [7, 11) is 0. The second-order valence-electron chi connectivity index (χ2n) is 4.24. The Balaban J connectivity index is 2.48. The van der Waals surface area contributed by atoms with E-state index in [0.717, 1.165) is 10.0 Å². The Labute approximate surface area is 119 Å². The van der Waals surface area contributed by atoms with Gasteiger partial charge in [0.2, 0.25) is 0 Å². The average molecular weight is 320 g/mol. The quantitative estimate of drug-likeness (QED) is 0.941. The Morgan fingerprint density at radius 3 is 2.53 bits per heavy atom. The molecule has 0 spiro atoms. The molecule has 0 unspecified atom stereocenters. The maximum Gasteiger partial charge on any atom is 0.119 e. The fraction of sp³-hybridized carbons (Fsp3) is 0.133. The number of benzene rings is 2. The van der Waals surface area contributed by atoms with E-state index in [1.807, 2.05) is 30.3 Å². The molecule has 0 amide bonds. The molecule has 0 saturated carbocycles. The summed E-state index contributed by atoms with van der Waals surface area (Å²) in [6.07, 6.45) is -0.173. The fourth-order valence-electron chi connectivity index (χ4n) is 2.06. The zero-order valence-electron chi connectivity index (χ0n) is 10.0. The van der Waals surface area contributed by atoms with Crippen LogP contribution in [0.1, 0.15) is 23.5 Å². The molecule has 3 nitrogen and oxygen atoms in total. The van der Waals surface area contributed by atoms with Crippen LogP contribution in [0.25, 0.3) is 0 Å². The molecule has 2 aromatic carbocycles. The van der Waals surface area contributed by atoms with Crippen molar-refractivity contribution >= 4 is 21.9 Å². The van der Waals surface area contributed by atoms with Crippen LogP contribution in [-0.2, 0) is 4.79 Å². The number of hydrogen-bond acceptors (Lipinski definition) is 3. The van der Waals surface area contributed by atoms with Gasteiger partial charge in [0.25, 0.3) is 0 Å². The highest BCUT2D eigenvalue weighted by Gasteiger charge is 2.18. The van der Waals surface area contributed by atoms with Gasteiger partial charge in [-0.15, -0.1) is 0 Å². The van der Waals surface area contributed by atoms with Crippen molar-refractivity contribution in [2.75, 3.05) is 0 Å². The molecule has 1 N–H and O–H groups in total. The highest BCUT2D eigenvalue weighted by atomic mass is 79.9. The van der Waals surface area contributed by atoms with Gasteiger partial charge in [0.05, 0.1) is 0 Å². The minimum Gasteiger partial charge on any atom is -0.550 e. The standard InChI is InChI=1S/C15H13BrO3/c16-11-6-7-14(17)13(8-11)12(9-15(18)19)10-4-2-1-3-5-10/h1-8,12,17H,9H2,(H,18,19)/p-1/t12-/m0/s1. The molecule has 19 heavy (non-hydrogen) atoms. The number of hydrogen-bond donors (Lipinski definition) is 1. The smallest absolute Gasteiger partial charge is 0.119 e. The molecule has 0 fully saturated rings. The van der Waals surface area contributed by atoms with Crippen LogP contribution < -0.4 is 5.11 Å². The summed E-state index contributed by atoms with van der Waals surface area (Å²) in [6.45, 7) is 0. The van der Waals surface area contributed by atoms with Gasteiger partial charge in [0.15, 0.2) is 0 Å². The Hall–Kier alpha value is -1.81. The van der Waals surface area contributed by atoms with Crippen molar-refractivity contribution in [2.24, 2.45) is 0 Å². The van der Waals surface area contributed by atoms with Gasteiger partial charge in [-0.2, -0.15) is 0 Å². The van der Waals surface area contributed by atoms with Crippen LogP contribution >= 0.6 is 15.9 Å². The number of phenols is 1. The number of aromatic hydroxyl groups is 1. The highest BCUT2D eigenvalue weighted by Crippen LogP contribution is 2.35. The van der Waals surface area contributed by atoms with Crippen LogP contribution in [0.3, 0.4) is 0 Å². The van der Waals surface area contributed by atoms with Gasteiger partial charge in [0, 0.05) is 21.9 Å². The molecule has 2 aromatic rings. The van der Waals surface area contributed by atoms with Crippen LogP contribution in [0.15, 0.2) is 53.0 Å². The molecule has 1 atom stereocenters. The van der Waals surface area contributed by atoms with Crippen LogP contribution in [0.5, 0.6) is 5.75 Å². The number of carbonyl (C=O) groups is 1. The van der Waals surface area contributed by atoms with E-state index in [0.29, 0.717) is 5.56 Å². The van der Waals surface area contributed by atoms with Gasteiger partial charge < -0.3 is 15.0 Å². The van der Waals surface area contributed by atoms with Gasteiger partial charge in [-0.3, -0.25) is 0 Å². The van der Waals surface area contributed by atoms with Crippen LogP contribution in [0, 0.1) is 0 Å². The van der Waals surface area contributed by atoms with Gasteiger partial charge in [0.1, 0.15) is 5.75 Å². The second kappa shape index (κ2) is 5.89. The fourth-order valence-corrected chi connectivity index (χ4v) is 2.44. The lowest BCUT2D eigenvalue weighted by atomic mass is 9.88. The first-order valence-corrected chi connectivity index (χ1v) is 6.60. The van der Waals surface area contributed by atoms with Crippen molar-refractivity contribution in [3.05, 3.63) is 64.1 Å². The normalized spacial score (nSPS) is 12.1. The van der Waals surface area contributed by atoms with E-state index in [1.165, 1.54) is 0 Å². The molecule has 0 bridgehead atoms. The highest BCUT2D eigenvalue weighted by molar-refractivity contribution is 9.10. The first kappa shape index (κ1) is 13.6. The molecule has 98 valence electrons. The summed E-state index contributed by atoms with van der Waals surface area (Å²) in [6, 6.07) is 14.2. The number of carboxylic acids is 1. The Morgan fingerprint density at radius 1 is 1.21 bits per heavy atom. The molecule has 0 aliphatic rings. The van der Waals surface area contributed by atoms with Gasteiger partial charge >= 0.3 is 0 Å². The predicted octanol–water partition coefficient (Wildman–Crippen LogP) is 2.43. The van der Waals surface area contributed by atoms with Crippen LogP contribution in [0.4, 0.5) is 0 Å². The summed E-state index contributed by atoms with van der Waals surface area (Å²) in [5.41, 5.74) is 1.41. The summed E-state index contributed by atoms with van der Waals surface area (Å²) >= 11 is 3.33. The number of carbonyl (C=O) groups excluding carboxylic acids is 1. The first-order chi connectivity index (χ1) is 9.08. The SMILES string of the molecule is O=C([O-])C[C@@H](c1ccccc1)c1cc(Br)ccc1O. The monoisotopic (exact) mass is 319 g/mol. The Bertz CT molecular complexity index is 581. The molecular weight excluding hydrogens is 308 g/mol. The van der Waals surface area contributed by atoms with E-state index < -0.39 is 11.9 Å². The van der Waals surface area contributed by atoms with Gasteiger partial charge in [-0.1, -0.05) is 46.3 Å². The van der Waals surface area contributed by atoms with E-state index in [4.69, 9.17) is 0 Å². The zero-order valence-corrected chi connectivity index (χ0v) is 11.6. The van der Waals surface area contributed by atoms with E-state index >= 15 is 0 Å². The Morgan fingerprint density at radius 2 is 1.89 bits per heavy atom. The number of phenolic OH excluding ortho intramolecular Hbond substituents is 1. The molecule has 2 rings (SSSR count). The maximum absolute atomic E-state index is 10.9. The van der Waals surface area contributed by atoms with Crippen molar-refractivity contribution in [3.8, 4) is 5.75 Å². The largest absolute Gasteiger partial charge is 0.550 e. The third kappa shape index (κ3) is 3.35. The topological polar surface area (TPSA) is 60.4 Å². The van der Waals surface area contributed by atoms with Crippen LogP contribution in [-0.4, -0.2) is 11.1 Å². The maximum atomic E-state index is 10.9. The summed E-state index contributed by atoms with van der Waals surface area (Å²) in [4.78, 5) is 10.9. The minimum absolute atomic E-state index is 0.0818. The summed E-state index contributed by atoms with van der Waals surface area (Å²) < 4.78 is 0.791. The van der Waals surface area contributed by atoms with E-state index in [2.05, 4.69) is 15.9 Å². The molecule has 0 aromatic heterocycles. The third-order valence-corrected chi connectivity index (χ3v) is 3.43. The van der Waals surface area contributed by atoms with Crippen molar-refractivity contribution in [1.82, 2.24) is 0 Å². The molecule has 0 aliphatic heterocycles. The average Bonchev–Trinajstić information content (AvgIpc) is 2.40. The number of rotatable bonds is 4. The molecule has 4 heteroatoms. The van der Waals surface area contributed by atoms with Crippen molar-refractivity contribution in [1.29, 1.82) is 0 Å². The van der Waals surface area contributed by atoms with E-state index in [9.17, 15) is 15.0 Å². The summed E-state index contributed by atoms with van der Waals surface area (Å²) in [5, 5.41) is 20.9.